The second kappa shape index (κ2) is 25.8. The summed E-state index contributed by atoms with van der Waals surface area (Å²) in [6.45, 7) is 9.85. The fourth-order valence-corrected chi connectivity index (χ4v) is 2.66. The van der Waals surface area contributed by atoms with Crippen LogP contribution in [0, 0.1) is 0 Å². The molecule has 0 aliphatic heterocycles. The van der Waals surface area contributed by atoms with Gasteiger partial charge in [0.15, 0.2) is 0 Å². The summed E-state index contributed by atoms with van der Waals surface area (Å²) in [5.41, 5.74) is 0. The second-order valence-corrected chi connectivity index (χ2v) is 6.86. The molecule has 0 saturated carbocycles. The summed E-state index contributed by atoms with van der Waals surface area (Å²) in [6.07, 6.45) is 12.0. The maximum absolute atomic E-state index is 11.1. The summed E-state index contributed by atoms with van der Waals surface area (Å²) in [5, 5.41) is 0. The third kappa shape index (κ3) is 29.5. The first-order chi connectivity index (χ1) is 12.0. The van der Waals surface area contributed by atoms with Crippen molar-refractivity contribution < 1.29 is 57.5 Å². The van der Waals surface area contributed by atoms with Gasteiger partial charge in [-0.05, 0) is 27.2 Å². The molecule has 0 fully saturated rings. The Morgan fingerprint density at radius 2 is 1.15 bits per heavy atom. The van der Waals surface area contributed by atoms with Crippen molar-refractivity contribution in [3.63, 3.8) is 0 Å². The van der Waals surface area contributed by atoms with Gasteiger partial charge in [0.25, 0.3) is 0 Å². The van der Waals surface area contributed by atoms with E-state index in [1.807, 2.05) is 13.8 Å². The van der Waals surface area contributed by atoms with E-state index >= 15 is 0 Å². The van der Waals surface area contributed by atoms with Gasteiger partial charge in [0.2, 0.25) is 0 Å². The number of rotatable bonds is 17. The molecule has 0 radical (unpaired) electrons. The van der Waals surface area contributed by atoms with E-state index in [9.17, 15) is 8.42 Å². The summed E-state index contributed by atoms with van der Waals surface area (Å²) in [6, 6.07) is 0. The summed E-state index contributed by atoms with van der Waals surface area (Å²) >= 11 is 0. The standard InChI is InChI=1S/C14H30O5S.C4H10O.Na.H/c1-3-5-6-7-8-9-10-11-12-13-14-18-20(15,16)19-17-4-2;1-3-5-4-2;;/h3-14H2,1-2H3;3-4H2,1-2H3;;/q;;+1;-1. The van der Waals surface area contributed by atoms with E-state index in [0.29, 0.717) is 0 Å². The molecule has 0 aromatic heterocycles. The Kier molecular flexibility index (Phi) is 31.2. The van der Waals surface area contributed by atoms with Crippen LogP contribution < -0.4 is 29.6 Å². The first kappa shape index (κ1) is 31.5. The number of hydrogen-bond donors (Lipinski definition) is 0. The third-order valence-corrected chi connectivity index (χ3v) is 4.10. The monoisotopic (exact) mass is 408 g/mol. The van der Waals surface area contributed by atoms with E-state index < -0.39 is 10.4 Å². The van der Waals surface area contributed by atoms with Gasteiger partial charge >= 0.3 is 40.0 Å². The summed E-state index contributed by atoms with van der Waals surface area (Å²) in [7, 11) is -3.98. The molecule has 8 heteroatoms. The van der Waals surface area contributed by atoms with E-state index in [1.165, 1.54) is 44.9 Å². The molecule has 0 aliphatic carbocycles. The molecule has 6 nitrogen and oxygen atoms in total. The molecule has 0 spiro atoms. The molecule has 26 heavy (non-hydrogen) atoms. The van der Waals surface area contributed by atoms with Crippen molar-refractivity contribution in [2.75, 3.05) is 26.4 Å². The minimum atomic E-state index is -3.98. The Bertz CT molecular complexity index is 343. The smallest absolute Gasteiger partial charge is 1.00 e. The van der Waals surface area contributed by atoms with Crippen molar-refractivity contribution in [1.29, 1.82) is 0 Å². The van der Waals surface area contributed by atoms with Crippen molar-refractivity contribution in [3.8, 4) is 0 Å². The van der Waals surface area contributed by atoms with Crippen molar-refractivity contribution in [3.05, 3.63) is 0 Å². The van der Waals surface area contributed by atoms with Crippen LogP contribution in [-0.4, -0.2) is 34.8 Å². The van der Waals surface area contributed by atoms with Gasteiger partial charge < -0.3 is 6.16 Å². The average molecular weight is 409 g/mol. The minimum absolute atomic E-state index is 0. The first-order valence-electron chi connectivity index (χ1n) is 9.82. The average Bonchev–Trinajstić information content (AvgIpc) is 2.59. The normalized spacial score (nSPS) is 10.8. The van der Waals surface area contributed by atoms with Gasteiger partial charge in [-0.25, -0.2) is 9.07 Å². The maximum Gasteiger partial charge on any atom is 1.00 e. The van der Waals surface area contributed by atoms with E-state index in [1.54, 1.807) is 6.92 Å². The van der Waals surface area contributed by atoms with Gasteiger partial charge in [-0.1, -0.05) is 69.0 Å². The fraction of sp³-hybridized carbons (Fsp3) is 1.00. The fourth-order valence-electron chi connectivity index (χ4n) is 2.08. The van der Waals surface area contributed by atoms with Crippen LogP contribution in [0.2, 0.25) is 0 Å². The van der Waals surface area contributed by atoms with Crippen LogP contribution in [0.1, 0.15) is 93.3 Å². The van der Waals surface area contributed by atoms with Crippen LogP contribution in [-0.2, 0) is 28.5 Å². The van der Waals surface area contributed by atoms with Gasteiger partial charge in [0.1, 0.15) is 0 Å². The van der Waals surface area contributed by atoms with Crippen molar-refractivity contribution in [1.82, 2.24) is 0 Å². The summed E-state index contributed by atoms with van der Waals surface area (Å²) in [4.78, 5) is 4.34. The molecule has 0 bridgehead atoms. The molecule has 0 amide bonds. The van der Waals surface area contributed by atoms with Gasteiger partial charge in [-0.2, -0.15) is 8.42 Å². The zero-order valence-electron chi connectivity index (χ0n) is 18.8. The molecule has 0 heterocycles. The molecular formula is C18H41NaO6S. The van der Waals surface area contributed by atoms with E-state index in [0.717, 1.165) is 32.5 Å². The topological polar surface area (TPSA) is 71.1 Å². The van der Waals surface area contributed by atoms with E-state index in [4.69, 9.17) is 4.74 Å². The van der Waals surface area contributed by atoms with Gasteiger partial charge in [0.05, 0.1) is 13.2 Å². The van der Waals surface area contributed by atoms with Crippen LogP contribution in [0.25, 0.3) is 0 Å². The minimum Gasteiger partial charge on any atom is -1.00 e. The SMILES string of the molecule is CCCCCCCCCCCCOS(=O)(=O)OOCC.CCOCC.[H-].[Na+]. The second-order valence-electron chi connectivity index (χ2n) is 5.67. The zero-order chi connectivity index (χ0) is 19.2. The van der Waals surface area contributed by atoms with Crippen LogP contribution >= 0.6 is 0 Å². The van der Waals surface area contributed by atoms with Crippen molar-refractivity contribution in [2.45, 2.75) is 91.9 Å². The predicted octanol–water partition coefficient (Wildman–Crippen LogP) is 2.30. The van der Waals surface area contributed by atoms with Gasteiger partial charge in [-0.3, -0.25) is 0 Å². The zero-order valence-corrected chi connectivity index (χ0v) is 20.6. The summed E-state index contributed by atoms with van der Waals surface area (Å²) in [5.74, 6) is 0. The summed E-state index contributed by atoms with van der Waals surface area (Å²) < 4.78 is 35.7. The molecule has 0 N–H and O–H groups in total. The van der Waals surface area contributed by atoms with Crippen molar-refractivity contribution in [2.24, 2.45) is 0 Å². The molecule has 0 aromatic rings. The maximum atomic E-state index is 11.1. The van der Waals surface area contributed by atoms with Crippen molar-refractivity contribution >= 4 is 10.4 Å². The Morgan fingerprint density at radius 3 is 1.54 bits per heavy atom. The molecule has 156 valence electrons. The molecule has 0 rings (SSSR count). The Hall–Kier alpha value is 0.790. The Labute approximate surface area is 185 Å². The molecular weight excluding hydrogens is 367 g/mol. The third-order valence-electron chi connectivity index (χ3n) is 3.38. The largest absolute Gasteiger partial charge is 1.00 e. The number of hydrogen-bond acceptors (Lipinski definition) is 6. The number of unbranched alkanes of at least 4 members (excludes halogenated alkanes) is 9. The van der Waals surface area contributed by atoms with E-state index in [2.05, 4.69) is 20.3 Å². The quantitative estimate of drug-likeness (QED) is 0.159. The molecule has 0 atom stereocenters. The van der Waals surface area contributed by atoms with Crippen LogP contribution in [0.5, 0.6) is 0 Å². The van der Waals surface area contributed by atoms with Gasteiger partial charge in [0, 0.05) is 13.2 Å². The molecule has 0 unspecified atom stereocenters. The molecule has 0 aromatic carbocycles. The molecule has 0 aliphatic rings. The first-order valence-corrected chi connectivity index (χ1v) is 11.1. The predicted molar refractivity (Wildman–Crippen MR) is 103 cm³/mol. The number of ether oxygens (including phenoxy) is 1. The van der Waals surface area contributed by atoms with Gasteiger partial charge in [-0.15, -0.1) is 0 Å². The van der Waals surface area contributed by atoms with E-state index in [-0.39, 0.29) is 44.2 Å². The van der Waals surface area contributed by atoms with Crippen LogP contribution in [0.3, 0.4) is 0 Å². The van der Waals surface area contributed by atoms with Crippen LogP contribution in [0.4, 0.5) is 0 Å². The Balaban J connectivity index is -0.000000333. The Morgan fingerprint density at radius 1 is 0.692 bits per heavy atom. The molecule has 0 saturated heterocycles. The van der Waals surface area contributed by atoms with Crippen LogP contribution in [0.15, 0.2) is 0 Å².